The van der Waals surface area contributed by atoms with Crippen LogP contribution < -0.4 is 14.8 Å². The van der Waals surface area contributed by atoms with E-state index in [9.17, 15) is 9.59 Å². The fourth-order valence-electron chi connectivity index (χ4n) is 3.57. The van der Waals surface area contributed by atoms with E-state index < -0.39 is 0 Å². The number of hydrogen-bond acceptors (Lipinski definition) is 4. The van der Waals surface area contributed by atoms with Crippen molar-refractivity contribution in [2.24, 2.45) is 5.92 Å². The van der Waals surface area contributed by atoms with Crippen molar-refractivity contribution in [3.8, 4) is 11.5 Å². The molecule has 1 atom stereocenters. The molecule has 1 unspecified atom stereocenters. The van der Waals surface area contributed by atoms with E-state index in [1.807, 2.05) is 36.1 Å². The lowest BCUT2D eigenvalue weighted by Crippen LogP contribution is -2.43. The molecule has 2 amide bonds. The van der Waals surface area contributed by atoms with E-state index in [-0.39, 0.29) is 23.8 Å². The van der Waals surface area contributed by atoms with Gasteiger partial charge in [0.1, 0.15) is 11.5 Å². The summed E-state index contributed by atoms with van der Waals surface area (Å²) in [5.41, 5.74) is 1.67. The maximum Gasteiger partial charge on any atom is 0.253 e. The minimum Gasteiger partial charge on any atom is -0.497 e. The Morgan fingerprint density at radius 3 is 1.97 bits per heavy atom. The summed E-state index contributed by atoms with van der Waals surface area (Å²) in [5, 5.41) is 3.09. The molecule has 0 radical (unpaired) electrons. The first kappa shape index (κ1) is 20.7. The quantitative estimate of drug-likeness (QED) is 0.812. The fourth-order valence-corrected chi connectivity index (χ4v) is 3.57. The number of carbonyl (C=O) groups is 2. The van der Waals surface area contributed by atoms with Crippen LogP contribution in [0.4, 0.5) is 0 Å². The van der Waals surface area contributed by atoms with Gasteiger partial charge in [-0.15, -0.1) is 0 Å². The van der Waals surface area contributed by atoms with Crippen molar-refractivity contribution >= 4 is 11.8 Å². The largest absolute Gasteiger partial charge is 0.497 e. The molecule has 1 saturated heterocycles. The average molecular weight is 396 g/mol. The van der Waals surface area contributed by atoms with Crippen LogP contribution >= 0.6 is 0 Å². The van der Waals surface area contributed by atoms with Gasteiger partial charge in [0.05, 0.1) is 20.3 Å². The Hall–Kier alpha value is -3.02. The molecule has 2 aromatic carbocycles. The zero-order valence-corrected chi connectivity index (χ0v) is 17.2. The van der Waals surface area contributed by atoms with Gasteiger partial charge in [-0.1, -0.05) is 12.1 Å². The Labute approximate surface area is 171 Å². The number of rotatable bonds is 6. The van der Waals surface area contributed by atoms with E-state index >= 15 is 0 Å². The minimum absolute atomic E-state index is 0.00175. The van der Waals surface area contributed by atoms with Gasteiger partial charge in [0.25, 0.3) is 5.91 Å². The Morgan fingerprint density at radius 2 is 1.45 bits per heavy atom. The molecule has 0 aromatic heterocycles. The first-order valence-electron chi connectivity index (χ1n) is 9.89. The molecule has 6 heteroatoms. The highest BCUT2D eigenvalue weighted by molar-refractivity contribution is 5.94. The summed E-state index contributed by atoms with van der Waals surface area (Å²) in [6.45, 7) is 3.14. The van der Waals surface area contributed by atoms with Gasteiger partial charge in [0.15, 0.2) is 0 Å². The molecule has 0 bridgehead atoms. The first-order chi connectivity index (χ1) is 14.0. The first-order valence-corrected chi connectivity index (χ1v) is 9.89. The lowest BCUT2D eigenvalue weighted by molar-refractivity contribution is -0.126. The van der Waals surface area contributed by atoms with Crippen molar-refractivity contribution in [2.75, 3.05) is 27.3 Å². The summed E-state index contributed by atoms with van der Waals surface area (Å²) in [6, 6.07) is 14.7. The third-order valence-electron chi connectivity index (χ3n) is 5.46. The Bertz CT molecular complexity index is 825. The van der Waals surface area contributed by atoms with E-state index in [0.717, 1.165) is 17.1 Å². The summed E-state index contributed by atoms with van der Waals surface area (Å²) < 4.78 is 10.3. The lowest BCUT2D eigenvalue weighted by atomic mass is 9.94. The van der Waals surface area contributed by atoms with Crippen LogP contribution in [0.1, 0.15) is 41.7 Å². The third kappa shape index (κ3) is 5.08. The molecule has 1 aliphatic heterocycles. The molecule has 3 rings (SSSR count). The molecule has 29 heavy (non-hydrogen) atoms. The predicted octanol–water partition coefficient (Wildman–Crippen LogP) is 3.43. The number of carbonyl (C=O) groups excluding carboxylic acids is 2. The van der Waals surface area contributed by atoms with Crippen molar-refractivity contribution in [3.63, 3.8) is 0 Å². The smallest absolute Gasteiger partial charge is 0.253 e. The van der Waals surface area contributed by atoms with E-state index in [1.165, 1.54) is 0 Å². The molecule has 1 aliphatic rings. The fraction of sp³-hybridized carbons (Fsp3) is 0.391. The minimum atomic E-state index is -0.0765. The summed E-state index contributed by atoms with van der Waals surface area (Å²) in [6.07, 6.45) is 1.34. The van der Waals surface area contributed by atoms with E-state index in [0.29, 0.717) is 31.5 Å². The number of hydrogen-bond donors (Lipinski definition) is 1. The van der Waals surface area contributed by atoms with Gasteiger partial charge in [-0.05, 0) is 61.7 Å². The highest BCUT2D eigenvalue weighted by Gasteiger charge is 2.28. The number of benzene rings is 2. The average Bonchev–Trinajstić information content (AvgIpc) is 2.78. The van der Waals surface area contributed by atoms with Crippen molar-refractivity contribution in [1.29, 1.82) is 0 Å². The molecular formula is C23H28N2O4. The van der Waals surface area contributed by atoms with E-state index in [1.54, 1.807) is 38.5 Å². The van der Waals surface area contributed by atoms with Gasteiger partial charge in [-0.2, -0.15) is 0 Å². The molecule has 0 aliphatic carbocycles. The second kappa shape index (κ2) is 9.45. The Morgan fingerprint density at radius 1 is 0.931 bits per heavy atom. The summed E-state index contributed by atoms with van der Waals surface area (Å²) in [7, 11) is 3.23. The predicted molar refractivity (Wildman–Crippen MR) is 111 cm³/mol. The van der Waals surface area contributed by atoms with Crippen molar-refractivity contribution in [3.05, 3.63) is 59.7 Å². The SMILES string of the molecule is COc1ccc(C(=O)N2CCC(C(=O)NC(C)c3ccc(OC)cc3)CC2)cc1. The van der Waals surface area contributed by atoms with Crippen LogP contribution in [0, 0.1) is 5.92 Å². The van der Waals surface area contributed by atoms with Gasteiger partial charge < -0.3 is 19.7 Å². The maximum atomic E-state index is 12.7. The molecule has 6 nitrogen and oxygen atoms in total. The van der Waals surface area contributed by atoms with E-state index in [2.05, 4.69) is 5.32 Å². The number of amides is 2. The summed E-state index contributed by atoms with van der Waals surface area (Å²) >= 11 is 0. The normalized spacial score (nSPS) is 15.5. The van der Waals surface area contributed by atoms with E-state index in [4.69, 9.17) is 9.47 Å². The van der Waals surface area contributed by atoms with Gasteiger partial charge in [0, 0.05) is 24.6 Å². The molecule has 1 heterocycles. The topological polar surface area (TPSA) is 67.9 Å². The summed E-state index contributed by atoms with van der Waals surface area (Å²) in [5.74, 6) is 1.49. The number of nitrogens with zero attached hydrogens (tertiary/aromatic N) is 1. The molecule has 1 N–H and O–H groups in total. The van der Waals surface area contributed by atoms with Crippen molar-refractivity contribution in [1.82, 2.24) is 10.2 Å². The van der Waals surface area contributed by atoms with Crippen LogP contribution in [-0.4, -0.2) is 44.0 Å². The highest BCUT2D eigenvalue weighted by Crippen LogP contribution is 2.22. The number of likely N-dealkylation sites (tertiary alicyclic amines) is 1. The van der Waals surface area contributed by atoms with Gasteiger partial charge in [0.2, 0.25) is 5.91 Å². The molecular weight excluding hydrogens is 368 g/mol. The van der Waals surface area contributed by atoms with Gasteiger partial charge in [-0.3, -0.25) is 9.59 Å². The van der Waals surface area contributed by atoms with Crippen LogP contribution in [0.3, 0.4) is 0 Å². The van der Waals surface area contributed by atoms with Crippen molar-refractivity contribution < 1.29 is 19.1 Å². The Balaban J connectivity index is 1.51. The molecule has 154 valence electrons. The van der Waals surface area contributed by atoms with Crippen molar-refractivity contribution in [2.45, 2.75) is 25.8 Å². The van der Waals surface area contributed by atoms with Crippen LogP contribution in [0.15, 0.2) is 48.5 Å². The molecule has 2 aromatic rings. The zero-order valence-electron chi connectivity index (χ0n) is 17.2. The standard InChI is InChI=1S/C23H28N2O4/c1-16(17-4-8-20(28-2)9-5-17)24-22(26)18-12-14-25(15-13-18)23(27)19-6-10-21(29-3)11-7-19/h4-11,16,18H,12-15H2,1-3H3,(H,24,26). The number of methoxy groups -OCH3 is 2. The van der Waals surface area contributed by atoms with Crippen LogP contribution in [-0.2, 0) is 4.79 Å². The van der Waals surface area contributed by atoms with Crippen LogP contribution in [0.2, 0.25) is 0 Å². The second-order valence-electron chi connectivity index (χ2n) is 7.30. The van der Waals surface area contributed by atoms with Gasteiger partial charge >= 0.3 is 0 Å². The highest BCUT2D eigenvalue weighted by atomic mass is 16.5. The lowest BCUT2D eigenvalue weighted by Gasteiger charge is -2.32. The number of ether oxygens (including phenoxy) is 2. The Kier molecular flexibility index (Phi) is 6.75. The third-order valence-corrected chi connectivity index (χ3v) is 5.46. The van der Waals surface area contributed by atoms with Gasteiger partial charge in [-0.25, -0.2) is 0 Å². The monoisotopic (exact) mass is 396 g/mol. The maximum absolute atomic E-state index is 12.7. The molecule has 0 saturated carbocycles. The van der Waals surface area contributed by atoms with Crippen LogP contribution in [0.25, 0.3) is 0 Å². The molecule has 1 fully saturated rings. The number of nitrogens with one attached hydrogen (secondary N) is 1. The zero-order chi connectivity index (χ0) is 20.8. The second-order valence-corrected chi connectivity index (χ2v) is 7.30. The number of piperidine rings is 1. The summed E-state index contributed by atoms with van der Waals surface area (Å²) in [4.78, 5) is 27.2. The van der Waals surface area contributed by atoms with Crippen LogP contribution in [0.5, 0.6) is 11.5 Å². The molecule has 0 spiro atoms.